The Labute approximate surface area is 121 Å². The molecule has 0 radical (unpaired) electrons. The van der Waals surface area contributed by atoms with E-state index in [0.29, 0.717) is 11.3 Å². The largest absolute Gasteiger partial charge is 0.459 e. The molecule has 4 heteroatoms. The number of nitrogens with two attached hydrogens (primary N) is 1. The van der Waals surface area contributed by atoms with Gasteiger partial charge in [-0.15, -0.1) is 0 Å². The summed E-state index contributed by atoms with van der Waals surface area (Å²) < 4.78 is 33.3. The molecule has 1 unspecified atom stereocenters. The lowest BCUT2D eigenvalue weighted by Crippen LogP contribution is -2.14. The third kappa shape index (κ3) is 2.32. The standard InChI is InChI=1S/C17H15F2NO/c1-9-3-6-13-11(7-9)8-14(21-13)17(20)12-5-4-10(2)15(18)16(12)19/h3-8,17H,20H2,1-2H3. The summed E-state index contributed by atoms with van der Waals surface area (Å²) in [6, 6.07) is 9.66. The van der Waals surface area contributed by atoms with Crippen molar-refractivity contribution in [3.63, 3.8) is 0 Å². The van der Waals surface area contributed by atoms with Gasteiger partial charge in [0, 0.05) is 10.9 Å². The predicted molar refractivity (Wildman–Crippen MR) is 78.1 cm³/mol. The van der Waals surface area contributed by atoms with Crippen LogP contribution in [0, 0.1) is 25.5 Å². The molecule has 2 aromatic carbocycles. The Kier molecular flexibility index (Phi) is 3.26. The minimum absolute atomic E-state index is 0.0916. The van der Waals surface area contributed by atoms with Crippen molar-refractivity contribution in [2.75, 3.05) is 0 Å². The molecule has 2 N–H and O–H groups in total. The quantitative estimate of drug-likeness (QED) is 0.760. The summed E-state index contributed by atoms with van der Waals surface area (Å²) in [5, 5.41) is 0.897. The van der Waals surface area contributed by atoms with Gasteiger partial charge in [0.1, 0.15) is 11.3 Å². The molecular weight excluding hydrogens is 272 g/mol. The van der Waals surface area contributed by atoms with Gasteiger partial charge in [-0.2, -0.15) is 0 Å². The minimum atomic E-state index is -0.917. The zero-order chi connectivity index (χ0) is 15.1. The molecule has 0 aliphatic rings. The zero-order valence-electron chi connectivity index (χ0n) is 11.8. The van der Waals surface area contributed by atoms with Crippen LogP contribution < -0.4 is 5.73 Å². The van der Waals surface area contributed by atoms with E-state index in [-0.39, 0.29) is 11.1 Å². The fourth-order valence-corrected chi connectivity index (χ4v) is 2.39. The molecule has 0 aliphatic heterocycles. The first kappa shape index (κ1) is 13.8. The maximum absolute atomic E-state index is 14.0. The monoisotopic (exact) mass is 287 g/mol. The maximum atomic E-state index is 14.0. The molecule has 2 nitrogen and oxygen atoms in total. The summed E-state index contributed by atoms with van der Waals surface area (Å²) in [6.45, 7) is 3.48. The Hall–Kier alpha value is -2.20. The second-order valence-corrected chi connectivity index (χ2v) is 5.27. The third-order valence-electron chi connectivity index (χ3n) is 3.64. The van der Waals surface area contributed by atoms with Gasteiger partial charge in [-0.1, -0.05) is 23.8 Å². The van der Waals surface area contributed by atoms with Crippen molar-refractivity contribution in [1.29, 1.82) is 0 Å². The van der Waals surface area contributed by atoms with Gasteiger partial charge in [0.05, 0.1) is 6.04 Å². The van der Waals surface area contributed by atoms with Crippen LogP contribution >= 0.6 is 0 Å². The maximum Gasteiger partial charge on any atom is 0.164 e. The smallest absolute Gasteiger partial charge is 0.164 e. The van der Waals surface area contributed by atoms with Crippen LogP contribution in [0.15, 0.2) is 40.8 Å². The van der Waals surface area contributed by atoms with Crippen LogP contribution in [0.25, 0.3) is 11.0 Å². The first-order chi connectivity index (χ1) is 9.97. The lowest BCUT2D eigenvalue weighted by molar-refractivity contribution is 0.472. The molecule has 0 bridgehead atoms. The van der Waals surface area contributed by atoms with E-state index in [1.807, 2.05) is 25.1 Å². The fourth-order valence-electron chi connectivity index (χ4n) is 2.39. The average molecular weight is 287 g/mol. The van der Waals surface area contributed by atoms with Crippen LogP contribution in [-0.4, -0.2) is 0 Å². The molecule has 0 fully saturated rings. The number of hydrogen-bond donors (Lipinski definition) is 1. The second-order valence-electron chi connectivity index (χ2n) is 5.27. The predicted octanol–water partition coefficient (Wildman–Crippen LogP) is 4.38. The number of aryl methyl sites for hydroxylation is 2. The van der Waals surface area contributed by atoms with Gasteiger partial charge in [-0.05, 0) is 37.6 Å². The van der Waals surface area contributed by atoms with E-state index in [9.17, 15) is 8.78 Å². The molecule has 3 rings (SSSR count). The number of rotatable bonds is 2. The summed E-state index contributed by atoms with van der Waals surface area (Å²) in [4.78, 5) is 0. The van der Waals surface area contributed by atoms with Crippen LogP contribution in [0.3, 0.4) is 0 Å². The van der Waals surface area contributed by atoms with Gasteiger partial charge in [0.2, 0.25) is 0 Å². The number of hydrogen-bond acceptors (Lipinski definition) is 2. The highest BCUT2D eigenvalue weighted by molar-refractivity contribution is 5.78. The molecule has 1 aromatic heterocycles. The lowest BCUT2D eigenvalue weighted by Gasteiger charge is -2.11. The molecule has 1 atom stereocenters. The van der Waals surface area contributed by atoms with Crippen LogP contribution in [0.2, 0.25) is 0 Å². The fraction of sp³-hybridized carbons (Fsp3) is 0.176. The highest BCUT2D eigenvalue weighted by Gasteiger charge is 2.21. The van der Waals surface area contributed by atoms with Crippen molar-refractivity contribution in [3.05, 3.63) is 70.5 Å². The summed E-state index contributed by atoms with van der Waals surface area (Å²) in [7, 11) is 0. The number of fused-ring (bicyclic) bond motifs is 1. The van der Waals surface area contributed by atoms with Crippen molar-refractivity contribution in [1.82, 2.24) is 0 Å². The highest BCUT2D eigenvalue weighted by Crippen LogP contribution is 2.29. The van der Waals surface area contributed by atoms with Crippen molar-refractivity contribution >= 4 is 11.0 Å². The van der Waals surface area contributed by atoms with Gasteiger partial charge < -0.3 is 10.2 Å². The SMILES string of the molecule is Cc1ccc2oc(C(N)c3ccc(C)c(F)c3F)cc2c1. The van der Waals surface area contributed by atoms with Gasteiger partial charge in [-0.25, -0.2) is 8.78 Å². The topological polar surface area (TPSA) is 39.2 Å². The van der Waals surface area contributed by atoms with Gasteiger partial charge >= 0.3 is 0 Å². The van der Waals surface area contributed by atoms with E-state index in [1.165, 1.54) is 19.1 Å². The molecule has 108 valence electrons. The molecule has 0 aliphatic carbocycles. The van der Waals surface area contributed by atoms with Gasteiger partial charge in [-0.3, -0.25) is 0 Å². The Balaban J connectivity index is 2.08. The molecule has 3 aromatic rings. The Morgan fingerprint density at radius 3 is 2.52 bits per heavy atom. The molecule has 0 spiro atoms. The molecule has 21 heavy (non-hydrogen) atoms. The summed E-state index contributed by atoms with van der Waals surface area (Å²) in [5.41, 5.74) is 8.16. The van der Waals surface area contributed by atoms with Gasteiger partial charge in [0.15, 0.2) is 11.6 Å². The first-order valence-electron chi connectivity index (χ1n) is 6.67. The molecule has 0 amide bonds. The summed E-state index contributed by atoms with van der Waals surface area (Å²) in [5.74, 6) is -1.37. The molecular formula is C17H15F2NO. The highest BCUT2D eigenvalue weighted by atomic mass is 19.2. The van der Waals surface area contributed by atoms with E-state index >= 15 is 0 Å². The lowest BCUT2D eigenvalue weighted by atomic mass is 10.0. The molecule has 0 saturated heterocycles. The Morgan fingerprint density at radius 1 is 1.00 bits per heavy atom. The second kappa shape index (κ2) is 4.97. The normalized spacial score (nSPS) is 12.8. The van der Waals surface area contributed by atoms with Crippen LogP contribution in [-0.2, 0) is 0 Å². The van der Waals surface area contributed by atoms with E-state index in [2.05, 4.69) is 0 Å². The van der Waals surface area contributed by atoms with Crippen molar-refractivity contribution in [3.8, 4) is 0 Å². The van der Waals surface area contributed by atoms with Crippen molar-refractivity contribution < 1.29 is 13.2 Å². The van der Waals surface area contributed by atoms with Crippen LogP contribution in [0.1, 0.15) is 28.5 Å². The Morgan fingerprint density at radius 2 is 1.76 bits per heavy atom. The van der Waals surface area contributed by atoms with Crippen molar-refractivity contribution in [2.24, 2.45) is 5.73 Å². The van der Waals surface area contributed by atoms with E-state index in [1.54, 1.807) is 6.07 Å². The summed E-state index contributed by atoms with van der Waals surface area (Å²) in [6.07, 6.45) is 0. The van der Waals surface area contributed by atoms with Crippen LogP contribution in [0.5, 0.6) is 0 Å². The number of furan rings is 1. The van der Waals surface area contributed by atoms with E-state index < -0.39 is 17.7 Å². The number of benzene rings is 2. The average Bonchev–Trinajstić information content (AvgIpc) is 2.87. The number of halogens is 2. The zero-order valence-corrected chi connectivity index (χ0v) is 11.8. The summed E-state index contributed by atoms with van der Waals surface area (Å²) >= 11 is 0. The van der Waals surface area contributed by atoms with Crippen LogP contribution in [0.4, 0.5) is 8.78 Å². The van der Waals surface area contributed by atoms with E-state index in [4.69, 9.17) is 10.2 Å². The molecule has 0 saturated carbocycles. The third-order valence-corrected chi connectivity index (χ3v) is 3.64. The first-order valence-corrected chi connectivity index (χ1v) is 6.67. The minimum Gasteiger partial charge on any atom is -0.459 e. The van der Waals surface area contributed by atoms with Crippen molar-refractivity contribution in [2.45, 2.75) is 19.9 Å². The Bertz CT molecular complexity index is 823. The van der Waals surface area contributed by atoms with E-state index in [0.717, 1.165) is 10.9 Å². The molecule has 1 heterocycles. The van der Waals surface area contributed by atoms with Gasteiger partial charge in [0.25, 0.3) is 0 Å².